The number of hydrogen-bond acceptors (Lipinski definition) is 3. The van der Waals surface area contributed by atoms with Crippen LogP contribution in [-0.2, 0) is 4.79 Å². The first-order chi connectivity index (χ1) is 14.0. The van der Waals surface area contributed by atoms with Gasteiger partial charge in [0.25, 0.3) is 5.91 Å². The summed E-state index contributed by atoms with van der Waals surface area (Å²) in [7, 11) is 0. The molecule has 0 bridgehead atoms. The van der Waals surface area contributed by atoms with Gasteiger partial charge >= 0.3 is 0 Å². The number of anilines is 1. The van der Waals surface area contributed by atoms with E-state index in [0.29, 0.717) is 11.4 Å². The zero-order valence-electron chi connectivity index (χ0n) is 16.7. The van der Waals surface area contributed by atoms with E-state index in [1.165, 1.54) is 5.56 Å². The summed E-state index contributed by atoms with van der Waals surface area (Å²) in [4.78, 5) is 17.4. The summed E-state index contributed by atoms with van der Waals surface area (Å²) in [6.45, 7) is 5.82. The molecule has 1 N–H and O–H groups in total. The molecule has 0 saturated carbocycles. The Morgan fingerprint density at radius 2 is 1.83 bits per heavy atom. The highest BCUT2D eigenvalue weighted by Crippen LogP contribution is 2.28. The van der Waals surface area contributed by atoms with Gasteiger partial charge in [-0.15, -0.1) is 0 Å². The number of fused-ring (bicyclic) bond motifs is 1. The maximum absolute atomic E-state index is 12.8. The number of benzene rings is 2. The van der Waals surface area contributed by atoms with Crippen molar-refractivity contribution in [3.63, 3.8) is 0 Å². The predicted octanol–water partition coefficient (Wildman–Crippen LogP) is 5.02. The summed E-state index contributed by atoms with van der Waals surface area (Å²) in [6, 6.07) is 19.3. The number of aryl methyl sites for hydroxylation is 2. The predicted molar refractivity (Wildman–Crippen MR) is 115 cm³/mol. The van der Waals surface area contributed by atoms with Gasteiger partial charge in [-0.2, -0.15) is 0 Å². The van der Waals surface area contributed by atoms with Crippen LogP contribution in [0, 0.1) is 13.8 Å². The summed E-state index contributed by atoms with van der Waals surface area (Å²) < 4.78 is 7.80. The molecule has 0 aliphatic heterocycles. The lowest BCUT2D eigenvalue weighted by Gasteiger charge is -2.16. The van der Waals surface area contributed by atoms with Crippen molar-refractivity contribution in [1.82, 2.24) is 9.38 Å². The lowest BCUT2D eigenvalue weighted by Crippen LogP contribution is -2.30. The van der Waals surface area contributed by atoms with Crippen LogP contribution >= 0.6 is 0 Å². The van der Waals surface area contributed by atoms with E-state index in [9.17, 15) is 4.79 Å². The van der Waals surface area contributed by atoms with E-state index >= 15 is 0 Å². The second-order valence-corrected chi connectivity index (χ2v) is 7.13. The van der Waals surface area contributed by atoms with Gasteiger partial charge in [0.05, 0.1) is 11.4 Å². The average molecular weight is 385 g/mol. The van der Waals surface area contributed by atoms with Crippen molar-refractivity contribution in [3.05, 3.63) is 84.2 Å². The van der Waals surface area contributed by atoms with E-state index in [1.54, 1.807) is 6.92 Å². The molecular weight excluding hydrogens is 362 g/mol. The van der Waals surface area contributed by atoms with Crippen LogP contribution in [0.4, 0.5) is 5.69 Å². The van der Waals surface area contributed by atoms with Gasteiger partial charge in [0, 0.05) is 18.0 Å². The first-order valence-corrected chi connectivity index (χ1v) is 9.59. The first-order valence-electron chi connectivity index (χ1n) is 9.59. The maximum atomic E-state index is 12.8. The fourth-order valence-corrected chi connectivity index (χ4v) is 3.16. The number of nitrogens with zero attached hydrogens (tertiary/aromatic N) is 2. The third kappa shape index (κ3) is 3.99. The van der Waals surface area contributed by atoms with Crippen LogP contribution in [0.2, 0.25) is 0 Å². The molecular formula is C24H23N3O2. The minimum absolute atomic E-state index is 0.209. The molecule has 146 valence electrons. The molecule has 5 nitrogen and oxygen atoms in total. The van der Waals surface area contributed by atoms with Gasteiger partial charge in [0.15, 0.2) is 6.10 Å². The van der Waals surface area contributed by atoms with Crippen LogP contribution in [0.15, 0.2) is 73.1 Å². The number of ether oxygens (including phenoxy) is 1. The smallest absolute Gasteiger partial charge is 0.265 e. The zero-order valence-corrected chi connectivity index (χ0v) is 16.7. The van der Waals surface area contributed by atoms with Gasteiger partial charge < -0.3 is 14.5 Å². The Balaban J connectivity index is 1.54. The molecule has 29 heavy (non-hydrogen) atoms. The summed E-state index contributed by atoms with van der Waals surface area (Å²) in [6.07, 6.45) is 3.27. The molecule has 5 heteroatoms. The lowest BCUT2D eigenvalue weighted by atomic mass is 10.1. The van der Waals surface area contributed by atoms with Crippen LogP contribution in [0.5, 0.6) is 5.75 Å². The Morgan fingerprint density at radius 1 is 1.03 bits per heavy atom. The Labute approximate surface area is 170 Å². The molecule has 0 aliphatic rings. The molecule has 0 saturated heterocycles. The standard InChI is InChI=1S/C24H23N3O2/c1-16-11-12-19(14-17(16)2)29-18(3)24(28)26-21-9-5-4-8-20(21)22-15-27-13-7-6-10-23(27)25-22/h4-15,18H,1-3H3,(H,26,28). The van der Waals surface area contributed by atoms with Gasteiger partial charge in [-0.3, -0.25) is 4.79 Å². The third-order valence-electron chi connectivity index (χ3n) is 4.99. The van der Waals surface area contributed by atoms with E-state index < -0.39 is 6.10 Å². The molecule has 2 aromatic heterocycles. The van der Waals surface area contributed by atoms with E-state index in [2.05, 4.69) is 10.3 Å². The molecule has 0 spiro atoms. The Morgan fingerprint density at radius 3 is 2.62 bits per heavy atom. The Hall–Kier alpha value is -3.60. The van der Waals surface area contributed by atoms with Gasteiger partial charge in [0.2, 0.25) is 0 Å². The molecule has 0 fully saturated rings. The van der Waals surface area contributed by atoms with Gasteiger partial charge in [0.1, 0.15) is 11.4 Å². The number of rotatable bonds is 5. The number of imidazole rings is 1. The fourth-order valence-electron chi connectivity index (χ4n) is 3.16. The molecule has 0 radical (unpaired) electrons. The molecule has 1 atom stereocenters. The molecule has 1 amide bonds. The van der Waals surface area contributed by atoms with Gasteiger partial charge in [-0.05, 0) is 62.2 Å². The number of nitrogens with one attached hydrogen (secondary N) is 1. The number of para-hydroxylation sites is 1. The van der Waals surface area contributed by atoms with E-state index in [1.807, 2.05) is 91.3 Å². The number of carbonyl (C=O) groups excluding carboxylic acids is 1. The summed E-state index contributed by atoms with van der Waals surface area (Å²) >= 11 is 0. The minimum Gasteiger partial charge on any atom is -0.481 e. The van der Waals surface area contributed by atoms with Crippen LogP contribution in [0.3, 0.4) is 0 Å². The molecule has 2 heterocycles. The molecule has 4 aromatic rings. The molecule has 2 aromatic carbocycles. The summed E-state index contributed by atoms with van der Waals surface area (Å²) in [5, 5.41) is 2.99. The first kappa shape index (κ1) is 18.7. The minimum atomic E-state index is -0.633. The maximum Gasteiger partial charge on any atom is 0.265 e. The van der Waals surface area contributed by atoms with Crippen LogP contribution in [0.1, 0.15) is 18.1 Å². The number of hydrogen-bond donors (Lipinski definition) is 1. The second-order valence-electron chi connectivity index (χ2n) is 7.13. The van der Waals surface area contributed by atoms with Gasteiger partial charge in [-0.25, -0.2) is 4.98 Å². The van der Waals surface area contributed by atoms with Crippen LogP contribution in [0.25, 0.3) is 16.9 Å². The van der Waals surface area contributed by atoms with Crippen LogP contribution in [-0.4, -0.2) is 21.4 Å². The fraction of sp³-hybridized carbons (Fsp3) is 0.167. The van der Waals surface area contributed by atoms with Crippen molar-refractivity contribution in [2.75, 3.05) is 5.32 Å². The van der Waals surface area contributed by atoms with Crippen molar-refractivity contribution in [1.29, 1.82) is 0 Å². The summed E-state index contributed by atoms with van der Waals surface area (Å²) in [5.41, 5.74) is 5.55. The molecule has 4 rings (SSSR count). The highest BCUT2D eigenvalue weighted by atomic mass is 16.5. The summed E-state index contributed by atoms with van der Waals surface area (Å²) in [5.74, 6) is 0.476. The number of amides is 1. The second kappa shape index (κ2) is 7.80. The normalized spacial score (nSPS) is 12.0. The number of aromatic nitrogens is 2. The lowest BCUT2D eigenvalue weighted by molar-refractivity contribution is -0.122. The topological polar surface area (TPSA) is 55.6 Å². The van der Waals surface area contributed by atoms with E-state index in [4.69, 9.17) is 4.74 Å². The Kier molecular flexibility index (Phi) is 5.04. The van der Waals surface area contributed by atoms with Crippen molar-refractivity contribution in [2.45, 2.75) is 26.9 Å². The van der Waals surface area contributed by atoms with Crippen molar-refractivity contribution in [2.24, 2.45) is 0 Å². The zero-order chi connectivity index (χ0) is 20.4. The van der Waals surface area contributed by atoms with Crippen LogP contribution < -0.4 is 10.1 Å². The highest BCUT2D eigenvalue weighted by Gasteiger charge is 2.18. The largest absolute Gasteiger partial charge is 0.481 e. The SMILES string of the molecule is Cc1ccc(OC(C)C(=O)Nc2ccccc2-c2cn3ccccc3n2)cc1C. The van der Waals surface area contributed by atoms with Gasteiger partial charge in [-0.1, -0.05) is 30.3 Å². The van der Waals surface area contributed by atoms with Crippen molar-refractivity contribution < 1.29 is 9.53 Å². The molecule has 0 aliphatic carbocycles. The van der Waals surface area contributed by atoms with Crippen molar-refractivity contribution in [3.8, 4) is 17.0 Å². The Bertz CT molecular complexity index is 1150. The highest BCUT2D eigenvalue weighted by molar-refractivity contribution is 5.97. The monoisotopic (exact) mass is 385 g/mol. The number of pyridine rings is 1. The quantitative estimate of drug-likeness (QED) is 0.525. The third-order valence-corrected chi connectivity index (χ3v) is 4.99. The van der Waals surface area contributed by atoms with E-state index in [0.717, 1.165) is 22.5 Å². The average Bonchev–Trinajstić information content (AvgIpc) is 3.15. The number of carbonyl (C=O) groups is 1. The van der Waals surface area contributed by atoms with E-state index in [-0.39, 0.29) is 5.91 Å². The molecule has 1 unspecified atom stereocenters. The van der Waals surface area contributed by atoms with Crippen molar-refractivity contribution >= 4 is 17.2 Å².